The molecule has 0 spiro atoms. The Labute approximate surface area is 145 Å². The van der Waals surface area contributed by atoms with Gasteiger partial charge in [0.15, 0.2) is 0 Å². The average Bonchev–Trinajstić information content (AvgIpc) is 2.65. The molecule has 0 atom stereocenters. The number of carbonyl (C=O) groups excluding carboxylic acids is 1. The van der Waals surface area contributed by atoms with Crippen molar-refractivity contribution in [2.75, 3.05) is 24.5 Å². The van der Waals surface area contributed by atoms with Gasteiger partial charge in [0.1, 0.15) is 17.8 Å². The first-order valence-electron chi connectivity index (χ1n) is 8.53. The van der Waals surface area contributed by atoms with Crippen molar-refractivity contribution in [2.45, 2.75) is 32.7 Å². The zero-order valence-electron chi connectivity index (χ0n) is 14.3. The van der Waals surface area contributed by atoms with Gasteiger partial charge in [0.05, 0.1) is 12.2 Å². The van der Waals surface area contributed by atoms with Crippen molar-refractivity contribution in [3.8, 4) is 0 Å². The van der Waals surface area contributed by atoms with Gasteiger partial charge in [0.2, 0.25) is 0 Å². The summed E-state index contributed by atoms with van der Waals surface area (Å²) >= 11 is 0. The van der Waals surface area contributed by atoms with Gasteiger partial charge >= 0.3 is 0 Å². The highest BCUT2D eigenvalue weighted by molar-refractivity contribution is 5.92. The molecule has 0 unspecified atom stereocenters. The predicted octanol–water partition coefficient (Wildman–Crippen LogP) is 0.762. The molecule has 1 aliphatic heterocycles. The van der Waals surface area contributed by atoms with Crippen LogP contribution in [0.1, 0.15) is 35.4 Å². The summed E-state index contributed by atoms with van der Waals surface area (Å²) < 4.78 is 1.34. The molecule has 0 radical (unpaired) electrons. The van der Waals surface area contributed by atoms with E-state index < -0.39 is 0 Å². The summed E-state index contributed by atoms with van der Waals surface area (Å²) in [5, 5.41) is 6.91. The second-order valence-electron chi connectivity index (χ2n) is 6.10. The molecule has 1 saturated heterocycles. The van der Waals surface area contributed by atoms with Gasteiger partial charge in [-0.2, -0.15) is 5.10 Å². The number of piperidine rings is 1. The fourth-order valence-corrected chi connectivity index (χ4v) is 2.84. The third-order valence-electron chi connectivity index (χ3n) is 4.17. The van der Waals surface area contributed by atoms with Crippen LogP contribution in [0.3, 0.4) is 0 Å². The van der Waals surface area contributed by atoms with Crippen LogP contribution in [0, 0.1) is 6.92 Å². The van der Waals surface area contributed by atoms with E-state index in [2.05, 4.69) is 25.3 Å². The van der Waals surface area contributed by atoms with Gasteiger partial charge in [-0.15, -0.1) is 0 Å². The summed E-state index contributed by atoms with van der Waals surface area (Å²) in [6.07, 6.45) is 4.94. The first-order chi connectivity index (χ1) is 12.1. The Balaban J connectivity index is 1.59. The molecule has 2 aromatic heterocycles. The molecule has 25 heavy (non-hydrogen) atoms. The summed E-state index contributed by atoms with van der Waals surface area (Å²) in [4.78, 5) is 34.5. The monoisotopic (exact) mass is 342 g/mol. The number of carbonyl (C=O) groups is 1. The molecule has 1 amide bonds. The van der Waals surface area contributed by atoms with E-state index in [0.29, 0.717) is 18.8 Å². The van der Waals surface area contributed by atoms with Gasteiger partial charge in [0, 0.05) is 31.8 Å². The lowest BCUT2D eigenvalue weighted by molar-refractivity contribution is 0.0946. The van der Waals surface area contributed by atoms with E-state index in [9.17, 15) is 9.59 Å². The summed E-state index contributed by atoms with van der Waals surface area (Å²) in [7, 11) is 0. The molecule has 3 rings (SSSR count). The van der Waals surface area contributed by atoms with E-state index in [0.717, 1.165) is 37.4 Å². The smallest absolute Gasteiger partial charge is 0.270 e. The van der Waals surface area contributed by atoms with Gasteiger partial charge in [-0.05, 0) is 32.3 Å². The maximum Gasteiger partial charge on any atom is 0.270 e. The van der Waals surface area contributed by atoms with Crippen molar-refractivity contribution in [3.05, 3.63) is 46.3 Å². The molecule has 1 fully saturated rings. The van der Waals surface area contributed by atoms with Crippen LogP contribution in [-0.4, -0.2) is 45.3 Å². The van der Waals surface area contributed by atoms with E-state index in [1.54, 1.807) is 12.1 Å². The number of aryl methyl sites for hydroxylation is 1. The van der Waals surface area contributed by atoms with Crippen LogP contribution in [0.5, 0.6) is 0 Å². The van der Waals surface area contributed by atoms with Gasteiger partial charge < -0.3 is 10.2 Å². The number of nitrogens with zero attached hydrogens (tertiary/aromatic N) is 5. The quantitative estimate of drug-likeness (QED) is 0.862. The van der Waals surface area contributed by atoms with E-state index in [4.69, 9.17) is 0 Å². The zero-order valence-corrected chi connectivity index (χ0v) is 14.3. The number of hydrogen-bond donors (Lipinski definition) is 1. The first-order valence-corrected chi connectivity index (χ1v) is 8.53. The molecular weight excluding hydrogens is 320 g/mol. The minimum absolute atomic E-state index is 0.186. The minimum atomic E-state index is -0.277. The van der Waals surface area contributed by atoms with Gasteiger partial charge in [-0.3, -0.25) is 9.59 Å². The van der Waals surface area contributed by atoms with Crippen molar-refractivity contribution in [2.24, 2.45) is 0 Å². The van der Waals surface area contributed by atoms with Gasteiger partial charge in [0.25, 0.3) is 11.5 Å². The Morgan fingerprint density at radius 2 is 2.00 bits per heavy atom. The van der Waals surface area contributed by atoms with Crippen molar-refractivity contribution in [1.29, 1.82) is 0 Å². The lowest BCUT2D eigenvalue weighted by Gasteiger charge is -2.27. The number of anilines is 1. The van der Waals surface area contributed by atoms with Crippen molar-refractivity contribution in [3.63, 3.8) is 0 Å². The molecular formula is C17H22N6O2. The van der Waals surface area contributed by atoms with Gasteiger partial charge in [-0.25, -0.2) is 14.6 Å². The number of hydrogen-bond acceptors (Lipinski definition) is 6. The molecule has 8 heteroatoms. The summed E-state index contributed by atoms with van der Waals surface area (Å²) in [6, 6.07) is 4.86. The standard InChI is InChI=1S/C17H22N6O2/c1-13-5-6-16(24)23(21-13)10-7-18-17(25)14-11-15(20-12-19-14)22-8-3-2-4-9-22/h5-6,11-12H,2-4,7-10H2,1H3,(H,18,25). The highest BCUT2D eigenvalue weighted by Gasteiger charge is 2.15. The highest BCUT2D eigenvalue weighted by Crippen LogP contribution is 2.17. The molecule has 3 heterocycles. The molecule has 2 aromatic rings. The van der Waals surface area contributed by atoms with Crippen LogP contribution >= 0.6 is 0 Å². The lowest BCUT2D eigenvalue weighted by Crippen LogP contribution is -2.33. The van der Waals surface area contributed by atoms with Crippen LogP contribution in [0.4, 0.5) is 5.82 Å². The normalized spacial score (nSPS) is 14.4. The summed E-state index contributed by atoms with van der Waals surface area (Å²) in [5.74, 6) is 0.512. The van der Waals surface area contributed by atoms with Crippen LogP contribution < -0.4 is 15.8 Å². The molecule has 0 bridgehead atoms. The summed E-state index contributed by atoms with van der Waals surface area (Å²) in [6.45, 7) is 4.35. The van der Waals surface area contributed by atoms with E-state index >= 15 is 0 Å². The summed E-state index contributed by atoms with van der Waals surface area (Å²) in [5.41, 5.74) is 0.905. The number of nitrogens with one attached hydrogen (secondary N) is 1. The lowest BCUT2D eigenvalue weighted by atomic mass is 10.1. The Bertz CT molecular complexity index is 798. The first kappa shape index (κ1) is 17.1. The predicted molar refractivity (Wildman–Crippen MR) is 93.7 cm³/mol. The van der Waals surface area contributed by atoms with Crippen molar-refractivity contribution >= 4 is 11.7 Å². The molecule has 8 nitrogen and oxygen atoms in total. The maximum absolute atomic E-state index is 12.3. The Morgan fingerprint density at radius 3 is 2.80 bits per heavy atom. The van der Waals surface area contributed by atoms with Crippen LogP contribution in [0.2, 0.25) is 0 Å². The SMILES string of the molecule is Cc1ccc(=O)n(CCNC(=O)c2cc(N3CCCCC3)ncn2)n1. The maximum atomic E-state index is 12.3. The van der Waals surface area contributed by atoms with Crippen molar-refractivity contribution in [1.82, 2.24) is 25.1 Å². The molecule has 0 saturated carbocycles. The average molecular weight is 342 g/mol. The molecule has 0 aromatic carbocycles. The zero-order chi connectivity index (χ0) is 17.6. The third kappa shape index (κ3) is 4.40. The van der Waals surface area contributed by atoms with Gasteiger partial charge in [-0.1, -0.05) is 0 Å². The van der Waals surface area contributed by atoms with E-state index in [1.807, 2.05) is 6.92 Å². The minimum Gasteiger partial charge on any atom is -0.357 e. The Morgan fingerprint density at radius 1 is 1.20 bits per heavy atom. The van der Waals surface area contributed by atoms with Crippen molar-refractivity contribution < 1.29 is 4.79 Å². The van der Waals surface area contributed by atoms with Crippen LogP contribution in [-0.2, 0) is 6.54 Å². The second kappa shape index (κ2) is 7.87. The van der Waals surface area contributed by atoms with Crippen LogP contribution in [0.25, 0.3) is 0 Å². The Hall–Kier alpha value is -2.77. The second-order valence-corrected chi connectivity index (χ2v) is 6.10. The molecule has 1 aliphatic rings. The number of amides is 1. The fourth-order valence-electron chi connectivity index (χ4n) is 2.84. The largest absolute Gasteiger partial charge is 0.357 e. The highest BCUT2D eigenvalue weighted by atomic mass is 16.2. The van der Waals surface area contributed by atoms with E-state index in [-0.39, 0.29) is 11.5 Å². The molecule has 1 N–H and O–H groups in total. The van der Waals surface area contributed by atoms with E-state index in [1.165, 1.54) is 23.5 Å². The number of rotatable bonds is 5. The topological polar surface area (TPSA) is 93.0 Å². The molecule has 132 valence electrons. The van der Waals surface area contributed by atoms with Crippen LogP contribution in [0.15, 0.2) is 29.3 Å². The fraction of sp³-hybridized carbons (Fsp3) is 0.471. The number of aromatic nitrogens is 4. The molecule has 0 aliphatic carbocycles. The third-order valence-corrected chi connectivity index (χ3v) is 4.17. The Kier molecular flexibility index (Phi) is 5.37.